The number of hydrogen-bond acceptors (Lipinski definition) is 4. The number of ether oxygens (including phenoxy) is 1. The lowest BCUT2D eigenvalue weighted by Gasteiger charge is -2.07. The monoisotopic (exact) mass is 329 g/mol. The molecule has 0 aliphatic rings. The summed E-state index contributed by atoms with van der Waals surface area (Å²) in [5.74, 6) is -0.481. The molecule has 0 bridgehead atoms. The van der Waals surface area contributed by atoms with Crippen LogP contribution in [0.25, 0.3) is 5.57 Å². The Morgan fingerprint density at radius 1 is 1.09 bits per heavy atom. The molecular weight excluding hydrogens is 310 g/mol. The molecule has 2 rings (SSSR count). The van der Waals surface area contributed by atoms with Crippen LogP contribution in [0.15, 0.2) is 76.1 Å². The smallest absolute Gasteiger partial charge is 0.340 e. The lowest BCUT2D eigenvalue weighted by molar-refractivity contribution is -0.136. The Morgan fingerprint density at radius 2 is 1.65 bits per heavy atom. The van der Waals surface area contributed by atoms with Crippen molar-refractivity contribution in [2.24, 2.45) is 4.36 Å². The fraction of sp³-hybridized carbons (Fsp3) is 0.167. The van der Waals surface area contributed by atoms with Gasteiger partial charge in [-0.2, -0.15) is 0 Å². The molecule has 4 nitrogen and oxygen atoms in total. The van der Waals surface area contributed by atoms with E-state index < -0.39 is 15.7 Å². The predicted molar refractivity (Wildman–Crippen MR) is 92.3 cm³/mol. The molecule has 0 spiro atoms. The van der Waals surface area contributed by atoms with Gasteiger partial charge in [-0.25, -0.2) is 13.4 Å². The maximum atomic E-state index is 12.7. The summed E-state index contributed by atoms with van der Waals surface area (Å²) in [6, 6.07) is 18.1. The molecule has 1 atom stereocenters. The van der Waals surface area contributed by atoms with Crippen LogP contribution in [0, 0.1) is 0 Å². The van der Waals surface area contributed by atoms with Crippen molar-refractivity contribution < 1.29 is 13.7 Å². The first-order valence-electron chi connectivity index (χ1n) is 7.23. The second kappa shape index (κ2) is 7.74. The Kier molecular flexibility index (Phi) is 5.71. The van der Waals surface area contributed by atoms with E-state index in [0.717, 1.165) is 0 Å². The first-order valence-corrected chi connectivity index (χ1v) is 9.16. The average Bonchev–Trinajstić information content (AvgIpc) is 2.57. The van der Waals surface area contributed by atoms with Crippen LogP contribution in [0.1, 0.15) is 12.5 Å². The molecule has 1 unspecified atom stereocenters. The Labute approximate surface area is 137 Å². The summed E-state index contributed by atoms with van der Waals surface area (Å²) in [4.78, 5) is 12.8. The van der Waals surface area contributed by atoms with Crippen LogP contribution in [0.4, 0.5) is 0 Å². The SMILES string of the molecule is CCOC(=O)/C(=C/N=S(C)(=O)c1ccccc1)c1ccccc1. The van der Waals surface area contributed by atoms with Crippen LogP contribution in [-0.2, 0) is 19.3 Å². The van der Waals surface area contributed by atoms with E-state index in [0.29, 0.717) is 10.5 Å². The van der Waals surface area contributed by atoms with E-state index in [2.05, 4.69) is 4.36 Å². The molecule has 0 aliphatic carbocycles. The maximum Gasteiger partial charge on any atom is 0.340 e. The molecule has 23 heavy (non-hydrogen) atoms. The van der Waals surface area contributed by atoms with Crippen LogP contribution < -0.4 is 0 Å². The van der Waals surface area contributed by atoms with Crippen molar-refractivity contribution >= 4 is 21.3 Å². The van der Waals surface area contributed by atoms with Gasteiger partial charge >= 0.3 is 5.97 Å². The van der Waals surface area contributed by atoms with Gasteiger partial charge in [0, 0.05) is 11.2 Å². The van der Waals surface area contributed by atoms with Gasteiger partial charge in [0.05, 0.1) is 28.1 Å². The molecule has 120 valence electrons. The number of hydrogen-bond donors (Lipinski definition) is 0. The fourth-order valence-electron chi connectivity index (χ4n) is 1.96. The van der Waals surface area contributed by atoms with Gasteiger partial charge in [-0.3, -0.25) is 0 Å². The first-order chi connectivity index (χ1) is 11.0. The molecule has 0 fully saturated rings. The van der Waals surface area contributed by atoms with E-state index in [1.165, 1.54) is 6.20 Å². The maximum absolute atomic E-state index is 12.7. The van der Waals surface area contributed by atoms with Crippen LogP contribution in [0.3, 0.4) is 0 Å². The normalized spacial score (nSPS) is 13.9. The molecular formula is C18H19NO3S. The third-order valence-electron chi connectivity index (χ3n) is 3.14. The van der Waals surface area contributed by atoms with Crippen molar-refractivity contribution in [2.75, 3.05) is 12.9 Å². The zero-order chi connectivity index (χ0) is 16.7. The largest absolute Gasteiger partial charge is 0.462 e. The Bertz CT molecular complexity index is 805. The van der Waals surface area contributed by atoms with Gasteiger partial charge in [0.15, 0.2) is 0 Å². The molecule has 0 N–H and O–H groups in total. The summed E-state index contributed by atoms with van der Waals surface area (Å²) in [5, 5.41) is 0. The quantitative estimate of drug-likeness (QED) is 0.620. The second-order valence-corrected chi connectivity index (χ2v) is 7.14. The lowest BCUT2D eigenvalue weighted by Crippen LogP contribution is -2.07. The molecule has 0 aliphatic heterocycles. The molecule has 0 saturated carbocycles. The topological polar surface area (TPSA) is 55.7 Å². The highest BCUT2D eigenvalue weighted by molar-refractivity contribution is 7.93. The van der Waals surface area contributed by atoms with Gasteiger partial charge in [-0.05, 0) is 24.6 Å². The number of nitrogens with zero attached hydrogens (tertiary/aromatic N) is 1. The minimum Gasteiger partial charge on any atom is -0.462 e. The Hall–Kier alpha value is -2.40. The summed E-state index contributed by atoms with van der Waals surface area (Å²) >= 11 is 0. The molecule has 0 amide bonds. The standard InChI is InChI=1S/C18H19NO3S/c1-3-22-18(20)17(15-10-6-4-7-11-15)14-19-23(2,21)16-12-8-5-9-13-16/h4-14H,3H2,1-2H3/b17-14+. The summed E-state index contributed by atoms with van der Waals surface area (Å²) < 4.78 is 22.0. The zero-order valence-corrected chi connectivity index (χ0v) is 14.0. The van der Waals surface area contributed by atoms with E-state index in [9.17, 15) is 9.00 Å². The van der Waals surface area contributed by atoms with Crippen molar-refractivity contribution in [2.45, 2.75) is 11.8 Å². The third-order valence-corrected chi connectivity index (χ3v) is 4.80. The minimum absolute atomic E-state index is 0.267. The number of rotatable bonds is 5. The summed E-state index contributed by atoms with van der Waals surface area (Å²) in [7, 11) is -2.62. The second-order valence-electron chi connectivity index (χ2n) is 4.85. The molecule has 0 heterocycles. The van der Waals surface area contributed by atoms with Gasteiger partial charge in [0.25, 0.3) is 0 Å². The number of carbonyl (C=O) groups is 1. The number of esters is 1. The van der Waals surface area contributed by atoms with Gasteiger partial charge in [0.1, 0.15) is 0 Å². The van der Waals surface area contributed by atoms with E-state index in [-0.39, 0.29) is 12.2 Å². The predicted octanol–water partition coefficient (Wildman–Crippen LogP) is 3.75. The van der Waals surface area contributed by atoms with Gasteiger partial charge in [-0.1, -0.05) is 48.5 Å². The molecule has 2 aromatic rings. The van der Waals surface area contributed by atoms with E-state index in [1.54, 1.807) is 49.6 Å². The van der Waals surface area contributed by atoms with E-state index in [4.69, 9.17) is 4.74 Å². The Balaban J connectivity index is 2.47. The van der Waals surface area contributed by atoms with Gasteiger partial charge < -0.3 is 4.74 Å². The zero-order valence-electron chi connectivity index (χ0n) is 13.1. The van der Waals surface area contributed by atoms with Crippen molar-refractivity contribution in [3.05, 3.63) is 72.4 Å². The highest BCUT2D eigenvalue weighted by Gasteiger charge is 2.13. The van der Waals surface area contributed by atoms with Crippen LogP contribution >= 0.6 is 0 Å². The molecule has 0 radical (unpaired) electrons. The van der Waals surface area contributed by atoms with Crippen LogP contribution in [0.2, 0.25) is 0 Å². The highest BCUT2D eigenvalue weighted by atomic mass is 32.2. The molecule has 2 aromatic carbocycles. The summed E-state index contributed by atoms with van der Waals surface area (Å²) in [6.45, 7) is 2.01. The van der Waals surface area contributed by atoms with E-state index >= 15 is 0 Å². The van der Waals surface area contributed by atoms with Gasteiger partial charge in [0.2, 0.25) is 0 Å². The highest BCUT2D eigenvalue weighted by Crippen LogP contribution is 2.18. The lowest BCUT2D eigenvalue weighted by atomic mass is 10.1. The summed E-state index contributed by atoms with van der Waals surface area (Å²) in [6.07, 6.45) is 2.90. The average molecular weight is 329 g/mol. The van der Waals surface area contributed by atoms with E-state index in [1.807, 2.05) is 24.3 Å². The van der Waals surface area contributed by atoms with Crippen molar-refractivity contribution in [1.82, 2.24) is 0 Å². The van der Waals surface area contributed by atoms with Crippen molar-refractivity contribution in [3.8, 4) is 0 Å². The molecule has 5 heteroatoms. The van der Waals surface area contributed by atoms with Crippen LogP contribution in [-0.4, -0.2) is 23.0 Å². The number of carbonyl (C=O) groups excluding carboxylic acids is 1. The fourth-order valence-corrected chi connectivity index (χ4v) is 3.05. The van der Waals surface area contributed by atoms with Crippen molar-refractivity contribution in [1.29, 1.82) is 0 Å². The van der Waals surface area contributed by atoms with Gasteiger partial charge in [-0.15, -0.1) is 0 Å². The number of benzene rings is 2. The third kappa shape index (κ3) is 4.53. The summed E-state index contributed by atoms with van der Waals surface area (Å²) in [5.41, 5.74) is 0.968. The molecule has 0 saturated heterocycles. The minimum atomic E-state index is -2.62. The van der Waals surface area contributed by atoms with Crippen molar-refractivity contribution in [3.63, 3.8) is 0 Å². The van der Waals surface area contributed by atoms with Crippen LogP contribution in [0.5, 0.6) is 0 Å². The molecule has 0 aromatic heterocycles. The first kappa shape index (κ1) is 17.0. The Morgan fingerprint density at radius 3 is 2.22 bits per heavy atom.